The second kappa shape index (κ2) is 6.29. The smallest absolute Gasteiger partial charge is 0.237 e. The van der Waals surface area contributed by atoms with Crippen molar-refractivity contribution in [2.75, 3.05) is 0 Å². The van der Waals surface area contributed by atoms with Gasteiger partial charge in [-0.15, -0.1) is 11.3 Å². The molecule has 1 N–H and O–H groups in total. The van der Waals surface area contributed by atoms with Crippen molar-refractivity contribution >= 4 is 17.2 Å². The third-order valence-electron chi connectivity index (χ3n) is 2.28. The van der Waals surface area contributed by atoms with E-state index in [-0.39, 0.29) is 5.91 Å². The Morgan fingerprint density at radius 2 is 2.38 bits per heavy atom. The van der Waals surface area contributed by atoms with Gasteiger partial charge < -0.3 is 5.32 Å². The predicted molar refractivity (Wildman–Crippen MR) is 64.9 cm³/mol. The molecule has 4 heteroatoms. The van der Waals surface area contributed by atoms with Crippen molar-refractivity contribution in [3.05, 3.63) is 21.9 Å². The molecule has 1 aromatic heterocycles. The van der Waals surface area contributed by atoms with Crippen LogP contribution in [0.15, 0.2) is 12.1 Å². The highest BCUT2D eigenvalue weighted by Gasteiger charge is 2.16. The summed E-state index contributed by atoms with van der Waals surface area (Å²) in [5, 5.41) is 11.6. The molecule has 16 heavy (non-hydrogen) atoms. The predicted octanol–water partition coefficient (Wildman–Crippen LogP) is 2.61. The maximum Gasteiger partial charge on any atom is 0.237 e. The van der Waals surface area contributed by atoms with Gasteiger partial charge in [0.2, 0.25) is 5.91 Å². The van der Waals surface area contributed by atoms with Crippen LogP contribution in [0, 0.1) is 24.2 Å². The molecule has 1 aromatic rings. The van der Waals surface area contributed by atoms with Gasteiger partial charge in [-0.1, -0.05) is 13.3 Å². The van der Waals surface area contributed by atoms with Gasteiger partial charge in [0.05, 0.1) is 12.6 Å². The normalized spacial score (nSPS) is 11.8. The SMILES string of the molecule is CCCC(C#N)C(=O)NCc1ccc(C)s1. The number of thiophene rings is 1. The first-order valence-electron chi connectivity index (χ1n) is 5.40. The molecule has 0 aliphatic carbocycles. The molecule has 1 amide bonds. The number of nitriles is 1. The molecule has 3 nitrogen and oxygen atoms in total. The highest BCUT2D eigenvalue weighted by Crippen LogP contribution is 2.14. The van der Waals surface area contributed by atoms with Gasteiger partial charge in [-0.05, 0) is 25.5 Å². The van der Waals surface area contributed by atoms with Crippen molar-refractivity contribution in [3.8, 4) is 6.07 Å². The van der Waals surface area contributed by atoms with Gasteiger partial charge >= 0.3 is 0 Å². The molecule has 1 heterocycles. The molecule has 0 radical (unpaired) electrons. The lowest BCUT2D eigenvalue weighted by Crippen LogP contribution is -2.29. The fourth-order valence-electron chi connectivity index (χ4n) is 1.42. The molecule has 0 spiro atoms. The number of hydrogen-bond donors (Lipinski definition) is 1. The number of hydrogen-bond acceptors (Lipinski definition) is 3. The lowest BCUT2D eigenvalue weighted by molar-refractivity contribution is -0.123. The van der Waals surface area contributed by atoms with Crippen LogP contribution < -0.4 is 5.32 Å². The molecular formula is C12H16N2OS. The van der Waals surface area contributed by atoms with Crippen LogP contribution in [0.25, 0.3) is 0 Å². The van der Waals surface area contributed by atoms with Crippen molar-refractivity contribution in [2.24, 2.45) is 5.92 Å². The van der Waals surface area contributed by atoms with Gasteiger partial charge in [0.1, 0.15) is 5.92 Å². The Morgan fingerprint density at radius 1 is 1.62 bits per heavy atom. The zero-order valence-corrected chi connectivity index (χ0v) is 10.4. The maximum atomic E-state index is 11.6. The minimum atomic E-state index is -0.508. The molecule has 1 rings (SSSR count). The second-order valence-electron chi connectivity index (χ2n) is 3.70. The lowest BCUT2D eigenvalue weighted by Gasteiger charge is -2.07. The van der Waals surface area contributed by atoms with Crippen LogP contribution in [0.1, 0.15) is 29.5 Å². The summed E-state index contributed by atoms with van der Waals surface area (Å²) < 4.78 is 0. The molecule has 0 saturated heterocycles. The Balaban J connectivity index is 2.43. The molecule has 1 unspecified atom stereocenters. The standard InChI is InChI=1S/C12H16N2OS/c1-3-4-10(7-13)12(15)14-8-11-6-5-9(2)16-11/h5-6,10H,3-4,8H2,1-2H3,(H,14,15). The van der Waals surface area contributed by atoms with E-state index in [0.717, 1.165) is 11.3 Å². The molecule has 0 aliphatic heterocycles. The summed E-state index contributed by atoms with van der Waals surface area (Å²) in [4.78, 5) is 14.0. The number of rotatable bonds is 5. The monoisotopic (exact) mass is 236 g/mol. The van der Waals surface area contributed by atoms with Crippen LogP contribution in [0.3, 0.4) is 0 Å². The van der Waals surface area contributed by atoms with E-state index in [4.69, 9.17) is 5.26 Å². The van der Waals surface area contributed by atoms with Crippen LogP contribution >= 0.6 is 11.3 Å². The number of amides is 1. The Labute approximate surface area is 100 Å². The first-order valence-corrected chi connectivity index (χ1v) is 6.21. The fraction of sp³-hybridized carbons (Fsp3) is 0.500. The Kier molecular flexibility index (Phi) is 5.00. The minimum Gasteiger partial charge on any atom is -0.350 e. The van der Waals surface area contributed by atoms with E-state index in [0.29, 0.717) is 13.0 Å². The molecule has 0 aliphatic rings. The van der Waals surface area contributed by atoms with E-state index in [1.165, 1.54) is 4.88 Å². The van der Waals surface area contributed by atoms with E-state index in [1.807, 2.05) is 32.0 Å². The first kappa shape index (κ1) is 12.7. The quantitative estimate of drug-likeness (QED) is 0.854. The zero-order valence-electron chi connectivity index (χ0n) is 9.62. The van der Waals surface area contributed by atoms with Crippen molar-refractivity contribution in [3.63, 3.8) is 0 Å². The lowest BCUT2D eigenvalue weighted by atomic mass is 10.1. The highest BCUT2D eigenvalue weighted by molar-refractivity contribution is 7.11. The number of aryl methyl sites for hydroxylation is 1. The Morgan fingerprint density at radius 3 is 2.88 bits per heavy atom. The van der Waals surface area contributed by atoms with Crippen LogP contribution in [0.5, 0.6) is 0 Å². The summed E-state index contributed by atoms with van der Waals surface area (Å²) in [5.74, 6) is -0.665. The van der Waals surface area contributed by atoms with Crippen LogP contribution in [-0.2, 0) is 11.3 Å². The number of carbonyl (C=O) groups is 1. The molecular weight excluding hydrogens is 220 g/mol. The third-order valence-corrected chi connectivity index (χ3v) is 3.28. The average molecular weight is 236 g/mol. The van der Waals surface area contributed by atoms with E-state index in [2.05, 4.69) is 5.32 Å². The molecule has 0 aromatic carbocycles. The molecule has 0 bridgehead atoms. The molecule has 0 saturated carbocycles. The van der Waals surface area contributed by atoms with Crippen LogP contribution in [-0.4, -0.2) is 5.91 Å². The van der Waals surface area contributed by atoms with Crippen LogP contribution in [0.4, 0.5) is 0 Å². The minimum absolute atomic E-state index is 0.157. The van der Waals surface area contributed by atoms with Crippen molar-refractivity contribution in [1.82, 2.24) is 5.32 Å². The van der Waals surface area contributed by atoms with Gasteiger partial charge in [-0.2, -0.15) is 5.26 Å². The van der Waals surface area contributed by atoms with Crippen LogP contribution in [0.2, 0.25) is 0 Å². The summed E-state index contributed by atoms with van der Waals surface area (Å²) in [6, 6.07) is 6.06. The highest BCUT2D eigenvalue weighted by atomic mass is 32.1. The zero-order chi connectivity index (χ0) is 12.0. The molecule has 86 valence electrons. The van der Waals surface area contributed by atoms with Crippen molar-refractivity contribution in [2.45, 2.75) is 33.2 Å². The van der Waals surface area contributed by atoms with Gasteiger partial charge in [-0.25, -0.2) is 0 Å². The topological polar surface area (TPSA) is 52.9 Å². The van der Waals surface area contributed by atoms with E-state index < -0.39 is 5.92 Å². The number of nitrogens with zero attached hydrogens (tertiary/aromatic N) is 1. The Bertz CT molecular complexity index is 392. The number of nitrogens with one attached hydrogen (secondary N) is 1. The molecule has 0 fully saturated rings. The van der Waals surface area contributed by atoms with E-state index in [9.17, 15) is 4.79 Å². The maximum absolute atomic E-state index is 11.6. The summed E-state index contributed by atoms with van der Waals surface area (Å²) in [7, 11) is 0. The Hall–Kier alpha value is -1.34. The van der Waals surface area contributed by atoms with Gasteiger partial charge in [0.25, 0.3) is 0 Å². The summed E-state index contributed by atoms with van der Waals surface area (Å²) in [5.41, 5.74) is 0. The summed E-state index contributed by atoms with van der Waals surface area (Å²) >= 11 is 1.66. The summed E-state index contributed by atoms with van der Waals surface area (Å²) in [6.45, 7) is 4.53. The fourth-order valence-corrected chi connectivity index (χ4v) is 2.25. The van der Waals surface area contributed by atoms with Crippen molar-refractivity contribution in [1.29, 1.82) is 5.26 Å². The van der Waals surface area contributed by atoms with Gasteiger partial charge in [-0.3, -0.25) is 4.79 Å². The second-order valence-corrected chi connectivity index (χ2v) is 5.07. The third kappa shape index (κ3) is 3.67. The van der Waals surface area contributed by atoms with Gasteiger partial charge in [0, 0.05) is 9.75 Å². The van der Waals surface area contributed by atoms with Gasteiger partial charge in [0.15, 0.2) is 0 Å². The average Bonchev–Trinajstić information content (AvgIpc) is 2.68. The van der Waals surface area contributed by atoms with E-state index >= 15 is 0 Å². The first-order chi connectivity index (χ1) is 7.67. The van der Waals surface area contributed by atoms with Crippen molar-refractivity contribution < 1.29 is 4.79 Å². The molecule has 1 atom stereocenters. The summed E-state index contributed by atoms with van der Waals surface area (Å²) in [6.07, 6.45) is 1.48. The van der Waals surface area contributed by atoms with E-state index in [1.54, 1.807) is 11.3 Å². The largest absolute Gasteiger partial charge is 0.350 e. The number of carbonyl (C=O) groups excluding carboxylic acids is 1.